The Morgan fingerprint density at radius 3 is 2.73 bits per heavy atom. The highest BCUT2D eigenvalue weighted by Crippen LogP contribution is 2.24. The Morgan fingerprint density at radius 2 is 2.27 bits per heavy atom. The van der Waals surface area contributed by atoms with Crippen LogP contribution in [0.3, 0.4) is 0 Å². The molecule has 2 N–H and O–H groups in total. The number of rotatable bonds is 4. The monoisotopic (exact) mass is 249 g/mol. The molecule has 0 saturated carbocycles. The van der Waals surface area contributed by atoms with Crippen LogP contribution >= 0.6 is 23.7 Å². The normalized spacial score (nSPS) is 11.7. The lowest BCUT2D eigenvalue weighted by Crippen LogP contribution is -2.15. The first-order valence-electron chi connectivity index (χ1n) is 4.58. The van der Waals surface area contributed by atoms with E-state index in [1.165, 1.54) is 12.0 Å². The third kappa shape index (κ3) is 4.20. The van der Waals surface area contributed by atoms with Gasteiger partial charge in [0, 0.05) is 15.8 Å². The molecule has 1 heterocycles. The number of ether oxygens (including phenoxy) is 1. The SMILES string of the molecule is CCc1ccc([C@H](N)CC(=O)OC)s1.Cl. The molecule has 1 atom stereocenters. The van der Waals surface area contributed by atoms with Crippen LogP contribution in [0.15, 0.2) is 12.1 Å². The van der Waals surface area contributed by atoms with Crippen LogP contribution in [0, 0.1) is 0 Å². The van der Waals surface area contributed by atoms with Gasteiger partial charge in [0.05, 0.1) is 13.5 Å². The molecule has 0 radical (unpaired) electrons. The van der Waals surface area contributed by atoms with E-state index >= 15 is 0 Å². The topological polar surface area (TPSA) is 52.3 Å². The maximum Gasteiger partial charge on any atom is 0.307 e. The zero-order valence-corrected chi connectivity index (χ0v) is 10.5. The van der Waals surface area contributed by atoms with E-state index in [1.807, 2.05) is 6.07 Å². The van der Waals surface area contributed by atoms with Crippen molar-refractivity contribution in [1.29, 1.82) is 0 Å². The fourth-order valence-corrected chi connectivity index (χ4v) is 2.10. The Morgan fingerprint density at radius 1 is 1.60 bits per heavy atom. The molecule has 0 spiro atoms. The Balaban J connectivity index is 0.00000196. The van der Waals surface area contributed by atoms with Crippen molar-refractivity contribution in [1.82, 2.24) is 0 Å². The minimum Gasteiger partial charge on any atom is -0.469 e. The summed E-state index contributed by atoms with van der Waals surface area (Å²) in [6, 6.07) is 3.81. The number of hydrogen-bond donors (Lipinski definition) is 1. The summed E-state index contributed by atoms with van der Waals surface area (Å²) in [5.41, 5.74) is 5.85. The van der Waals surface area contributed by atoms with Crippen LogP contribution in [0.5, 0.6) is 0 Å². The van der Waals surface area contributed by atoms with Gasteiger partial charge < -0.3 is 10.5 Å². The van der Waals surface area contributed by atoms with Crippen molar-refractivity contribution in [3.05, 3.63) is 21.9 Å². The Bertz CT molecular complexity index is 314. The first kappa shape index (κ1) is 14.4. The number of aryl methyl sites for hydroxylation is 1. The quantitative estimate of drug-likeness (QED) is 0.833. The van der Waals surface area contributed by atoms with E-state index in [1.54, 1.807) is 11.3 Å². The number of hydrogen-bond acceptors (Lipinski definition) is 4. The van der Waals surface area contributed by atoms with Gasteiger partial charge in [-0.2, -0.15) is 0 Å². The van der Waals surface area contributed by atoms with E-state index in [9.17, 15) is 4.79 Å². The summed E-state index contributed by atoms with van der Waals surface area (Å²) >= 11 is 1.66. The van der Waals surface area contributed by atoms with Gasteiger partial charge in [0.15, 0.2) is 0 Å². The maximum atomic E-state index is 11.0. The first-order chi connectivity index (χ1) is 6.67. The average Bonchev–Trinajstić information content (AvgIpc) is 2.65. The molecule has 0 saturated heterocycles. The van der Waals surface area contributed by atoms with Crippen LogP contribution in [-0.4, -0.2) is 13.1 Å². The highest BCUT2D eigenvalue weighted by Gasteiger charge is 2.13. The molecule has 0 aliphatic carbocycles. The molecule has 0 unspecified atom stereocenters. The predicted octanol–water partition coefficient (Wildman–Crippen LogP) is 2.30. The minimum atomic E-state index is -0.260. The average molecular weight is 250 g/mol. The summed E-state index contributed by atoms with van der Waals surface area (Å²) in [6.07, 6.45) is 1.26. The molecular weight excluding hydrogens is 234 g/mol. The molecule has 5 heteroatoms. The molecule has 1 aromatic heterocycles. The van der Waals surface area contributed by atoms with Crippen LogP contribution in [-0.2, 0) is 16.0 Å². The number of methoxy groups -OCH3 is 1. The summed E-state index contributed by atoms with van der Waals surface area (Å²) in [7, 11) is 1.38. The molecule has 1 rings (SSSR count). The minimum absolute atomic E-state index is 0. The van der Waals surface area contributed by atoms with Crippen LogP contribution in [0.2, 0.25) is 0 Å². The zero-order chi connectivity index (χ0) is 10.6. The smallest absolute Gasteiger partial charge is 0.307 e. The number of carbonyl (C=O) groups excluding carboxylic acids is 1. The van der Waals surface area contributed by atoms with Crippen LogP contribution in [0.25, 0.3) is 0 Å². The van der Waals surface area contributed by atoms with Gasteiger partial charge in [-0.1, -0.05) is 6.92 Å². The molecule has 0 amide bonds. The second-order valence-electron chi connectivity index (χ2n) is 3.04. The number of carbonyl (C=O) groups is 1. The van der Waals surface area contributed by atoms with Gasteiger partial charge in [-0.05, 0) is 18.6 Å². The predicted molar refractivity (Wildman–Crippen MR) is 64.5 cm³/mol. The van der Waals surface area contributed by atoms with E-state index in [0.717, 1.165) is 11.3 Å². The first-order valence-corrected chi connectivity index (χ1v) is 5.40. The van der Waals surface area contributed by atoms with Crippen molar-refractivity contribution in [2.24, 2.45) is 5.73 Å². The van der Waals surface area contributed by atoms with E-state index in [0.29, 0.717) is 0 Å². The molecule has 1 aromatic rings. The highest BCUT2D eigenvalue weighted by molar-refractivity contribution is 7.12. The van der Waals surface area contributed by atoms with Crippen molar-refractivity contribution in [2.75, 3.05) is 7.11 Å². The van der Waals surface area contributed by atoms with Gasteiger partial charge in [0.1, 0.15) is 0 Å². The Hall–Kier alpha value is -0.580. The molecule has 3 nitrogen and oxygen atoms in total. The highest BCUT2D eigenvalue weighted by atomic mass is 35.5. The second-order valence-corrected chi connectivity index (χ2v) is 4.24. The molecule has 0 aliphatic rings. The van der Waals surface area contributed by atoms with Gasteiger partial charge in [-0.25, -0.2) is 0 Å². The van der Waals surface area contributed by atoms with Crippen LogP contribution in [0.1, 0.15) is 29.1 Å². The number of thiophene rings is 1. The van der Waals surface area contributed by atoms with Crippen molar-refractivity contribution >= 4 is 29.7 Å². The lowest BCUT2D eigenvalue weighted by atomic mass is 10.2. The molecular formula is C10H16ClNO2S. The van der Waals surface area contributed by atoms with Gasteiger partial charge in [-0.15, -0.1) is 23.7 Å². The van der Waals surface area contributed by atoms with E-state index in [4.69, 9.17) is 5.73 Å². The van der Waals surface area contributed by atoms with E-state index in [2.05, 4.69) is 17.7 Å². The maximum absolute atomic E-state index is 11.0. The molecule has 0 aromatic carbocycles. The summed E-state index contributed by atoms with van der Waals surface area (Å²) in [5.74, 6) is -0.260. The second kappa shape index (κ2) is 6.82. The standard InChI is InChI=1S/C10H15NO2S.ClH/c1-3-7-4-5-9(14-7)8(11)6-10(12)13-2;/h4-5,8H,3,6,11H2,1-2H3;1H/t8-;/m1./s1. The fraction of sp³-hybridized carbons (Fsp3) is 0.500. The zero-order valence-electron chi connectivity index (χ0n) is 8.86. The number of nitrogens with two attached hydrogens (primary N) is 1. The molecule has 0 aliphatic heterocycles. The van der Waals surface area contributed by atoms with Gasteiger partial charge in [0.25, 0.3) is 0 Å². The van der Waals surface area contributed by atoms with E-state index in [-0.39, 0.29) is 30.8 Å². The van der Waals surface area contributed by atoms with Crippen molar-refractivity contribution in [2.45, 2.75) is 25.8 Å². The van der Waals surface area contributed by atoms with Gasteiger partial charge in [-0.3, -0.25) is 4.79 Å². The Kier molecular flexibility index (Phi) is 6.56. The lowest BCUT2D eigenvalue weighted by Gasteiger charge is -2.06. The van der Waals surface area contributed by atoms with Crippen molar-refractivity contribution in [3.63, 3.8) is 0 Å². The van der Waals surface area contributed by atoms with Crippen molar-refractivity contribution in [3.8, 4) is 0 Å². The van der Waals surface area contributed by atoms with Crippen LogP contribution < -0.4 is 5.73 Å². The molecule has 15 heavy (non-hydrogen) atoms. The van der Waals surface area contributed by atoms with Gasteiger partial charge in [0.2, 0.25) is 0 Å². The third-order valence-corrected chi connectivity index (χ3v) is 3.37. The largest absolute Gasteiger partial charge is 0.469 e. The summed E-state index contributed by atoms with van der Waals surface area (Å²) in [6.45, 7) is 2.10. The van der Waals surface area contributed by atoms with Crippen LogP contribution in [0.4, 0.5) is 0 Å². The summed E-state index contributed by atoms with van der Waals surface area (Å²) in [5, 5.41) is 0. The Labute approximate surface area is 100 Å². The summed E-state index contributed by atoms with van der Waals surface area (Å²) in [4.78, 5) is 13.3. The third-order valence-electron chi connectivity index (χ3n) is 2.01. The molecule has 0 bridgehead atoms. The lowest BCUT2D eigenvalue weighted by molar-refractivity contribution is -0.141. The van der Waals surface area contributed by atoms with E-state index < -0.39 is 0 Å². The number of halogens is 1. The molecule has 0 fully saturated rings. The number of esters is 1. The summed E-state index contributed by atoms with van der Waals surface area (Å²) < 4.78 is 4.56. The molecule has 86 valence electrons. The van der Waals surface area contributed by atoms with Crippen molar-refractivity contribution < 1.29 is 9.53 Å². The fourth-order valence-electron chi connectivity index (χ4n) is 1.15. The van der Waals surface area contributed by atoms with Gasteiger partial charge >= 0.3 is 5.97 Å².